The number of amides is 2. The van der Waals surface area contributed by atoms with Crippen LogP contribution in [-0.4, -0.2) is 66.0 Å². The second kappa shape index (κ2) is 13.4. The van der Waals surface area contributed by atoms with Gasteiger partial charge in [-0.25, -0.2) is 4.79 Å². The van der Waals surface area contributed by atoms with Crippen LogP contribution >= 0.6 is 11.8 Å². The molecule has 0 unspecified atom stereocenters. The maximum atomic E-state index is 12.7. The normalized spacial score (nSPS) is 19.4. The highest BCUT2D eigenvalue weighted by molar-refractivity contribution is 8.13. The van der Waals surface area contributed by atoms with Crippen molar-refractivity contribution < 1.29 is 9.59 Å². The van der Waals surface area contributed by atoms with Crippen molar-refractivity contribution in [3.8, 4) is 0 Å². The van der Waals surface area contributed by atoms with Gasteiger partial charge >= 0.3 is 6.03 Å². The van der Waals surface area contributed by atoms with Gasteiger partial charge in [0.05, 0.1) is 0 Å². The van der Waals surface area contributed by atoms with E-state index in [1.807, 2.05) is 4.90 Å². The van der Waals surface area contributed by atoms with Gasteiger partial charge in [0.1, 0.15) is 0 Å². The number of hydrogen-bond acceptors (Lipinski definition) is 4. The average molecular weight is 398 g/mol. The van der Waals surface area contributed by atoms with Gasteiger partial charge in [0.15, 0.2) is 5.12 Å². The van der Waals surface area contributed by atoms with E-state index in [1.165, 1.54) is 69.5 Å². The van der Waals surface area contributed by atoms with E-state index in [2.05, 4.69) is 10.2 Å². The van der Waals surface area contributed by atoms with Crippen LogP contribution in [0.1, 0.15) is 71.1 Å². The van der Waals surface area contributed by atoms with Crippen LogP contribution in [0.3, 0.4) is 0 Å². The summed E-state index contributed by atoms with van der Waals surface area (Å²) in [6.07, 6.45) is 13.0. The number of rotatable bonds is 9. The van der Waals surface area contributed by atoms with Gasteiger partial charge < -0.3 is 15.1 Å². The van der Waals surface area contributed by atoms with Crippen molar-refractivity contribution in [2.24, 2.45) is 5.92 Å². The maximum absolute atomic E-state index is 12.7. The summed E-state index contributed by atoms with van der Waals surface area (Å²) in [5.74, 6) is 1.46. The summed E-state index contributed by atoms with van der Waals surface area (Å²) in [5.41, 5.74) is 0. The van der Waals surface area contributed by atoms with E-state index in [9.17, 15) is 9.59 Å². The van der Waals surface area contributed by atoms with Gasteiger partial charge in [-0.1, -0.05) is 56.7 Å². The third-order valence-electron chi connectivity index (χ3n) is 5.89. The number of nitrogens with one attached hydrogen (secondary N) is 1. The molecule has 27 heavy (non-hydrogen) atoms. The number of urea groups is 1. The predicted octanol–water partition coefficient (Wildman–Crippen LogP) is 4.12. The molecular formula is C21H39N3O2S. The van der Waals surface area contributed by atoms with Gasteiger partial charge in [-0.05, 0) is 38.3 Å². The van der Waals surface area contributed by atoms with Crippen LogP contribution in [0, 0.1) is 5.92 Å². The van der Waals surface area contributed by atoms with Crippen molar-refractivity contribution in [2.45, 2.75) is 71.1 Å². The van der Waals surface area contributed by atoms with Crippen molar-refractivity contribution in [1.82, 2.24) is 15.1 Å². The van der Waals surface area contributed by atoms with Crippen LogP contribution in [-0.2, 0) is 4.79 Å². The molecule has 0 spiro atoms. The van der Waals surface area contributed by atoms with Gasteiger partial charge in [-0.2, -0.15) is 0 Å². The van der Waals surface area contributed by atoms with E-state index in [0.29, 0.717) is 12.3 Å². The first-order valence-electron chi connectivity index (χ1n) is 11.0. The molecule has 1 saturated heterocycles. The number of likely N-dealkylation sites (tertiary alicyclic amines) is 1. The highest BCUT2D eigenvalue weighted by Crippen LogP contribution is 2.26. The minimum absolute atomic E-state index is 0.0461. The van der Waals surface area contributed by atoms with E-state index < -0.39 is 0 Å². The zero-order valence-corrected chi connectivity index (χ0v) is 18.0. The summed E-state index contributed by atoms with van der Waals surface area (Å²) in [7, 11) is 0. The molecule has 2 rings (SSSR count). The molecule has 1 saturated carbocycles. The van der Waals surface area contributed by atoms with E-state index in [1.54, 1.807) is 6.92 Å². The third-order valence-corrected chi connectivity index (χ3v) is 6.68. The number of hydrogen-bond donors (Lipinski definition) is 1. The van der Waals surface area contributed by atoms with Crippen molar-refractivity contribution >= 4 is 22.9 Å². The second-order valence-electron chi connectivity index (χ2n) is 8.11. The molecule has 1 aliphatic heterocycles. The monoisotopic (exact) mass is 397 g/mol. The van der Waals surface area contributed by atoms with Gasteiger partial charge in [-0.15, -0.1) is 0 Å². The maximum Gasteiger partial charge on any atom is 0.317 e. The molecule has 0 aromatic heterocycles. The van der Waals surface area contributed by atoms with Crippen molar-refractivity contribution in [2.75, 3.05) is 45.0 Å². The van der Waals surface area contributed by atoms with Gasteiger partial charge in [0.2, 0.25) is 0 Å². The molecule has 1 heterocycles. The molecule has 1 aliphatic carbocycles. The van der Waals surface area contributed by atoms with Gasteiger partial charge in [0.25, 0.3) is 0 Å². The van der Waals surface area contributed by atoms with Crippen molar-refractivity contribution in [1.29, 1.82) is 0 Å². The minimum atomic E-state index is 0.0461. The fraction of sp³-hybridized carbons (Fsp3) is 0.905. The highest BCUT2D eigenvalue weighted by atomic mass is 32.2. The fourth-order valence-corrected chi connectivity index (χ4v) is 4.82. The third kappa shape index (κ3) is 9.84. The lowest BCUT2D eigenvalue weighted by atomic mass is 9.87. The smallest absolute Gasteiger partial charge is 0.317 e. The van der Waals surface area contributed by atoms with Crippen molar-refractivity contribution in [3.05, 3.63) is 0 Å². The fourth-order valence-electron chi connectivity index (χ4n) is 4.22. The lowest BCUT2D eigenvalue weighted by Gasteiger charge is -2.28. The Bertz CT molecular complexity index is 433. The molecule has 0 bridgehead atoms. The Morgan fingerprint density at radius 2 is 1.67 bits per heavy atom. The van der Waals surface area contributed by atoms with Crippen LogP contribution in [0.5, 0.6) is 0 Å². The molecule has 2 aliphatic rings. The van der Waals surface area contributed by atoms with Crippen molar-refractivity contribution in [3.63, 3.8) is 0 Å². The molecular weight excluding hydrogens is 358 g/mol. The average Bonchev–Trinajstić information content (AvgIpc) is 2.94. The number of carbonyl (C=O) groups is 2. The van der Waals surface area contributed by atoms with Crippen LogP contribution in [0.2, 0.25) is 0 Å². The molecule has 0 radical (unpaired) electrons. The predicted molar refractivity (Wildman–Crippen MR) is 114 cm³/mol. The summed E-state index contributed by atoms with van der Waals surface area (Å²) < 4.78 is 0. The first-order chi connectivity index (χ1) is 13.1. The molecule has 0 aromatic rings. The standard InChI is InChI=1S/C21H39N3O2S/c1-19(25)27-18-17-24(15-11-20-9-5-4-6-10-20)21(26)22-12-16-23-13-7-2-3-8-14-23/h20H,2-18H2,1H3,(H,22,26). The van der Waals surface area contributed by atoms with Gasteiger partial charge in [0, 0.05) is 38.9 Å². The summed E-state index contributed by atoms with van der Waals surface area (Å²) in [6.45, 7) is 7.07. The SMILES string of the molecule is CC(=O)SCCN(CCC1CCCCC1)C(=O)NCCN1CCCCCC1. The first kappa shape index (κ1) is 22.5. The zero-order chi connectivity index (χ0) is 19.3. The summed E-state index contributed by atoms with van der Waals surface area (Å²) in [4.78, 5) is 28.3. The largest absolute Gasteiger partial charge is 0.337 e. The Hall–Kier alpha value is -0.750. The van der Waals surface area contributed by atoms with E-state index in [-0.39, 0.29) is 11.1 Å². The van der Waals surface area contributed by atoms with Crippen LogP contribution in [0.4, 0.5) is 4.79 Å². The Morgan fingerprint density at radius 3 is 2.33 bits per heavy atom. The molecule has 6 heteroatoms. The quantitative estimate of drug-likeness (QED) is 0.636. The number of nitrogens with zero attached hydrogens (tertiary/aromatic N) is 2. The molecule has 2 fully saturated rings. The number of thioether (sulfide) groups is 1. The van der Waals surface area contributed by atoms with Gasteiger partial charge in [-0.3, -0.25) is 4.79 Å². The minimum Gasteiger partial charge on any atom is -0.337 e. The zero-order valence-electron chi connectivity index (χ0n) is 17.2. The Morgan fingerprint density at radius 1 is 1.00 bits per heavy atom. The first-order valence-corrected chi connectivity index (χ1v) is 12.0. The van der Waals surface area contributed by atoms with E-state index >= 15 is 0 Å². The van der Waals surface area contributed by atoms with E-state index in [0.717, 1.165) is 45.1 Å². The van der Waals surface area contributed by atoms with E-state index in [4.69, 9.17) is 0 Å². The number of carbonyl (C=O) groups excluding carboxylic acids is 2. The summed E-state index contributed by atoms with van der Waals surface area (Å²) in [6, 6.07) is 0.0461. The second-order valence-corrected chi connectivity index (χ2v) is 9.38. The molecule has 2 amide bonds. The highest BCUT2D eigenvalue weighted by Gasteiger charge is 2.18. The topological polar surface area (TPSA) is 52.7 Å². The Labute approximate surface area is 170 Å². The Kier molecular flexibility index (Phi) is 11.2. The molecule has 0 atom stereocenters. The molecule has 156 valence electrons. The van der Waals surface area contributed by atoms with Crippen LogP contribution < -0.4 is 5.32 Å². The van der Waals surface area contributed by atoms with Crippen LogP contribution in [0.25, 0.3) is 0 Å². The summed E-state index contributed by atoms with van der Waals surface area (Å²) >= 11 is 1.32. The molecule has 5 nitrogen and oxygen atoms in total. The molecule has 0 aromatic carbocycles. The Balaban J connectivity index is 1.72. The molecule has 1 N–H and O–H groups in total. The lowest BCUT2D eigenvalue weighted by Crippen LogP contribution is -2.45. The summed E-state index contributed by atoms with van der Waals surface area (Å²) in [5, 5.41) is 3.26. The lowest BCUT2D eigenvalue weighted by molar-refractivity contribution is -0.109. The van der Waals surface area contributed by atoms with Crippen LogP contribution in [0.15, 0.2) is 0 Å².